The van der Waals surface area contributed by atoms with Crippen molar-refractivity contribution in [3.05, 3.63) is 188 Å². The van der Waals surface area contributed by atoms with E-state index in [1.54, 1.807) is 72.8 Å². The van der Waals surface area contributed by atoms with Gasteiger partial charge < -0.3 is 65.0 Å². The Morgan fingerprint density at radius 1 is 0.272 bits per heavy atom. The Labute approximate surface area is 561 Å². The Kier molecular flexibility index (Phi) is 17.8. The fourth-order valence-corrected chi connectivity index (χ4v) is 13.7. The highest BCUT2D eigenvalue weighted by Gasteiger charge is 2.54. The molecule has 92 heavy (non-hydrogen) atoms. The van der Waals surface area contributed by atoms with E-state index in [-0.39, 0.29) is 0 Å². The van der Waals surface area contributed by atoms with E-state index in [1.165, 1.54) is 0 Å². The number of fused-ring (bicyclic) bond motifs is 2. The van der Waals surface area contributed by atoms with E-state index >= 15 is 0 Å². The molecule has 0 atom stereocenters. The first kappa shape index (κ1) is 66.8. The Morgan fingerprint density at radius 3 is 0.717 bits per heavy atom. The lowest BCUT2D eigenvalue weighted by Gasteiger charge is -2.30. The topological polar surface area (TPSA) is 129 Å². The van der Waals surface area contributed by atoms with Crippen molar-refractivity contribution in [1.29, 1.82) is 0 Å². The maximum absolute atomic E-state index is 7.41. The van der Waals surface area contributed by atoms with Gasteiger partial charge in [0.15, 0.2) is 25.2 Å². The summed E-state index contributed by atoms with van der Waals surface area (Å²) < 4.78 is 96.5. The molecule has 4 saturated heterocycles. The molecule has 0 amide bonds. The maximum atomic E-state index is 7.41. The number of ether oxygens (including phenoxy) is 8. The highest BCUT2D eigenvalue weighted by atomic mass is 35.5. The monoisotopic (exact) mass is 1370 g/mol. The minimum atomic E-state index is -2.58. The first-order valence-electron chi connectivity index (χ1n) is 30.4. The Morgan fingerprint density at radius 2 is 0.478 bits per heavy atom. The second kappa shape index (κ2) is 24.5. The summed E-state index contributed by atoms with van der Waals surface area (Å²) in [6.07, 6.45) is -3.58. The molecule has 8 aromatic rings. The van der Waals surface area contributed by atoms with E-state index in [1.807, 2.05) is 184 Å². The highest BCUT2D eigenvalue weighted by molar-refractivity contribution is 7.43. The van der Waals surface area contributed by atoms with Crippen molar-refractivity contribution in [3.8, 4) is 45.6 Å². The third-order valence-corrected chi connectivity index (χ3v) is 22.0. The molecule has 0 radical (unpaired) electrons. The molecule has 4 aliphatic heterocycles. The molecule has 0 N–H and O–H groups in total. The van der Waals surface area contributed by atoms with Crippen LogP contribution in [-0.4, -0.2) is 44.8 Å². The van der Waals surface area contributed by atoms with Gasteiger partial charge in [-0.15, -0.1) is 0 Å². The number of hydrogen-bond donors (Lipinski definition) is 0. The van der Waals surface area contributed by atoms with E-state index in [4.69, 9.17) is 111 Å². The predicted octanol–water partition coefficient (Wildman–Crippen LogP) is 22.2. The summed E-state index contributed by atoms with van der Waals surface area (Å²) in [5.41, 5.74) is -2.39. The van der Waals surface area contributed by atoms with Crippen molar-refractivity contribution < 1.29 is 65.0 Å². The Bertz CT molecular complexity index is 3630. The lowest BCUT2D eigenvalue weighted by molar-refractivity contribution is -0.0910. The molecule has 4 aliphatic rings. The summed E-state index contributed by atoms with van der Waals surface area (Å²) in [7, 11) is -5.15. The van der Waals surface area contributed by atoms with Crippen molar-refractivity contribution in [2.75, 3.05) is 0 Å². The number of benzene rings is 8. The van der Waals surface area contributed by atoms with Crippen LogP contribution in [0.3, 0.4) is 0 Å². The fourth-order valence-electron chi connectivity index (χ4n) is 10.8. The molecule has 20 heteroatoms. The molecule has 14 nitrogen and oxygen atoms in total. The molecule has 0 saturated carbocycles. The van der Waals surface area contributed by atoms with Crippen LogP contribution in [0.1, 0.15) is 158 Å². The van der Waals surface area contributed by atoms with Gasteiger partial charge in [-0.3, -0.25) is 0 Å². The first-order chi connectivity index (χ1) is 43.1. The van der Waals surface area contributed by atoms with E-state index in [0.29, 0.717) is 88.0 Å². The smallest absolute Gasteiger partial charge is 0.408 e. The predicted molar refractivity (Wildman–Crippen MR) is 363 cm³/mol. The van der Waals surface area contributed by atoms with E-state index in [9.17, 15) is 0 Å². The zero-order valence-corrected chi connectivity index (χ0v) is 59.1. The van der Waals surface area contributed by atoms with Gasteiger partial charge in [-0.05, 0) is 217 Å². The van der Waals surface area contributed by atoms with Crippen molar-refractivity contribution in [2.24, 2.45) is 0 Å². The fraction of sp³-hybridized carbons (Fsp3) is 0.389. The van der Waals surface area contributed by atoms with E-state index < -0.39 is 87.2 Å². The zero-order chi connectivity index (χ0) is 65.9. The van der Waals surface area contributed by atoms with Gasteiger partial charge in [0.1, 0.15) is 34.5 Å². The summed E-state index contributed by atoms with van der Waals surface area (Å²) in [6.45, 7) is 31.7. The second-order valence-electron chi connectivity index (χ2n) is 27.4. The zero-order valence-electron chi connectivity index (χ0n) is 54.3. The quantitative estimate of drug-likeness (QED) is 0.0802. The first-order valence-corrected chi connectivity index (χ1v) is 34.1. The van der Waals surface area contributed by atoms with Crippen LogP contribution in [0, 0.1) is 0 Å². The van der Waals surface area contributed by atoms with Crippen LogP contribution in [-0.2, 0) is 37.9 Å². The van der Waals surface area contributed by atoms with Crippen LogP contribution in [0.2, 0.25) is 20.1 Å². The molecule has 0 aromatic heterocycles. The van der Waals surface area contributed by atoms with Gasteiger partial charge in [0, 0.05) is 31.2 Å². The van der Waals surface area contributed by atoms with Crippen molar-refractivity contribution >= 4 is 85.2 Å². The standard InChI is InChI=1S/C72H76Cl4O14P2/c1-65(2)66(3,4)78-61(77-65)49-37-43(73)27-33-53(49)85-91(86-54-34-28-44(74)38-50(54)62-79-67(5,6)68(7,8)80-62)89-57-31-25-41-21-17-19-23-47(41)59(57)60-48-24-20-18-22-42(48)26-32-58(60)90-92(87-55-35-29-45(75)39-51(55)63-81-69(9,10)70(11,12)82-63)88-56-36-30-46(76)40-52(56)64-83-71(13,14)72(15,16)84-64/h17-40,61-64H,1-16H3. The average molecular weight is 1370 g/mol. The molecule has 4 fully saturated rings. The summed E-state index contributed by atoms with van der Waals surface area (Å²) in [4.78, 5) is 0. The van der Waals surface area contributed by atoms with Crippen LogP contribution in [0.4, 0.5) is 0 Å². The Hall–Kier alpha value is -5.22. The number of rotatable bonds is 17. The van der Waals surface area contributed by atoms with Crippen LogP contribution in [0.15, 0.2) is 146 Å². The van der Waals surface area contributed by atoms with Crippen LogP contribution < -0.4 is 27.1 Å². The Balaban J connectivity index is 1.02. The molecule has 0 unspecified atom stereocenters. The van der Waals surface area contributed by atoms with Crippen molar-refractivity contribution in [3.63, 3.8) is 0 Å². The van der Waals surface area contributed by atoms with Crippen LogP contribution in [0.25, 0.3) is 32.7 Å². The normalized spacial score (nSPS) is 20.5. The molecule has 0 bridgehead atoms. The van der Waals surface area contributed by atoms with Gasteiger partial charge in [0.25, 0.3) is 0 Å². The summed E-state index contributed by atoms with van der Waals surface area (Å²) in [5.74, 6) is 2.00. The molecular weight excluding hydrogens is 1290 g/mol. The molecule has 486 valence electrons. The van der Waals surface area contributed by atoms with Crippen molar-refractivity contribution in [1.82, 2.24) is 0 Å². The number of hydrogen-bond acceptors (Lipinski definition) is 14. The van der Waals surface area contributed by atoms with Gasteiger partial charge >= 0.3 is 17.2 Å². The summed E-state index contributed by atoms with van der Waals surface area (Å²) in [5, 5.41) is 5.09. The van der Waals surface area contributed by atoms with Gasteiger partial charge in [-0.1, -0.05) is 107 Å². The third-order valence-electron chi connectivity index (χ3n) is 19.0. The van der Waals surface area contributed by atoms with Gasteiger partial charge in [0.05, 0.1) is 67.1 Å². The minimum absolute atomic E-state index is 0.325. The lowest BCUT2D eigenvalue weighted by atomic mass is 9.90. The van der Waals surface area contributed by atoms with Crippen LogP contribution >= 0.6 is 63.6 Å². The molecule has 12 rings (SSSR count). The van der Waals surface area contributed by atoms with Gasteiger partial charge in [-0.25, -0.2) is 0 Å². The SMILES string of the molecule is CC1(C)OC(c2cc(Cl)ccc2OP(Oc2ccc(Cl)cc2C2OC(C)(C)C(C)(C)O2)Oc2ccc3ccccc3c2-c2c(OP(Oc3ccc(Cl)cc3C3OC(C)(C)C(C)(C)O3)Oc3ccc(Cl)cc3C3OC(C)(C)C(C)(C)O3)ccc3ccccc23)OC1(C)C. The second-order valence-corrected chi connectivity index (χ2v) is 31.1. The van der Waals surface area contributed by atoms with E-state index in [2.05, 4.69) is 0 Å². The largest absolute Gasteiger partial charge is 0.530 e. The maximum Gasteiger partial charge on any atom is 0.530 e. The third kappa shape index (κ3) is 12.9. The van der Waals surface area contributed by atoms with E-state index in [0.717, 1.165) is 21.5 Å². The van der Waals surface area contributed by atoms with Crippen molar-refractivity contribution in [2.45, 2.75) is 181 Å². The highest BCUT2D eigenvalue weighted by Crippen LogP contribution is 2.59. The molecule has 0 spiro atoms. The average Bonchev–Trinajstić information content (AvgIpc) is 0.840. The summed E-state index contributed by atoms with van der Waals surface area (Å²) in [6, 6.07) is 44.8. The number of halogens is 4. The summed E-state index contributed by atoms with van der Waals surface area (Å²) >= 11 is 27.3. The molecular formula is C72H76Cl4O14P2. The van der Waals surface area contributed by atoms with Gasteiger partial charge in [-0.2, -0.15) is 0 Å². The molecule has 8 aromatic carbocycles. The lowest BCUT2D eigenvalue weighted by Crippen LogP contribution is -2.41. The van der Waals surface area contributed by atoms with Gasteiger partial charge in [0.2, 0.25) is 0 Å². The molecule has 4 heterocycles. The van der Waals surface area contributed by atoms with Crippen LogP contribution in [0.5, 0.6) is 34.5 Å². The minimum Gasteiger partial charge on any atom is -0.408 e. The molecule has 0 aliphatic carbocycles.